The molecule has 0 fully saturated rings. The molecular weight excluding hydrogens is 306 g/mol. The van der Waals surface area contributed by atoms with Crippen LogP contribution in [0.15, 0.2) is 24.3 Å². The Hall–Kier alpha value is -1.88. The minimum Gasteiger partial charge on any atom is -0.462 e. The van der Waals surface area contributed by atoms with Gasteiger partial charge in [-0.15, -0.1) is 0 Å². The van der Waals surface area contributed by atoms with Gasteiger partial charge < -0.3 is 14.8 Å². The van der Waals surface area contributed by atoms with Crippen molar-refractivity contribution in [2.75, 3.05) is 19.7 Å². The van der Waals surface area contributed by atoms with Gasteiger partial charge in [0.15, 0.2) is 0 Å². The summed E-state index contributed by atoms with van der Waals surface area (Å²) in [5, 5.41) is 3.06. The Balaban J connectivity index is 2.37. The van der Waals surface area contributed by atoms with Crippen molar-refractivity contribution in [1.29, 1.82) is 0 Å². The fraction of sp³-hybridized carbons (Fsp3) is 0.579. The van der Waals surface area contributed by atoms with Gasteiger partial charge in [0.2, 0.25) is 0 Å². The zero-order chi connectivity index (χ0) is 18.0. The molecule has 5 nitrogen and oxygen atoms in total. The zero-order valence-electron chi connectivity index (χ0n) is 15.2. The van der Waals surface area contributed by atoms with Gasteiger partial charge in [0.1, 0.15) is 5.60 Å². The van der Waals surface area contributed by atoms with Crippen molar-refractivity contribution in [2.45, 2.75) is 52.6 Å². The molecular formula is C19H29NO4. The largest absolute Gasteiger partial charge is 0.462 e. The van der Waals surface area contributed by atoms with Crippen molar-refractivity contribution in [3.05, 3.63) is 35.4 Å². The van der Waals surface area contributed by atoms with E-state index >= 15 is 0 Å². The lowest BCUT2D eigenvalue weighted by Gasteiger charge is -2.19. The quantitative estimate of drug-likeness (QED) is 0.555. The van der Waals surface area contributed by atoms with E-state index < -0.39 is 5.60 Å². The van der Waals surface area contributed by atoms with Crippen LogP contribution in [0.3, 0.4) is 0 Å². The molecule has 1 rings (SSSR count). The molecule has 0 aliphatic rings. The van der Waals surface area contributed by atoms with Crippen molar-refractivity contribution in [1.82, 2.24) is 5.32 Å². The average molecular weight is 335 g/mol. The van der Waals surface area contributed by atoms with Crippen molar-refractivity contribution in [3.63, 3.8) is 0 Å². The van der Waals surface area contributed by atoms with E-state index in [1.54, 1.807) is 6.07 Å². The SMILES string of the molecule is CCCCOC(=O)c1cccc(CCNCC(=O)OC(C)(C)C)c1. The van der Waals surface area contributed by atoms with E-state index in [1.807, 2.05) is 39.0 Å². The lowest BCUT2D eigenvalue weighted by molar-refractivity contribution is -0.153. The van der Waals surface area contributed by atoms with Crippen LogP contribution in [-0.2, 0) is 20.7 Å². The Morgan fingerprint density at radius 2 is 1.96 bits per heavy atom. The van der Waals surface area contributed by atoms with Gasteiger partial charge in [-0.3, -0.25) is 4.79 Å². The van der Waals surface area contributed by atoms with Crippen LogP contribution >= 0.6 is 0 Å². The summed E-state index contributed by atoms with van der Waals surface area (Å²) < 4.78 is 10.4. The standard InChI is InChI=1S/C19H29NO4/c1-5-6-12-23-18(22)16-9-7-8-15(13-16)10-11-20-14-17(21)24-19(2,3)4/h7-9,13,20H,5-6,10-12,14H2,1-4H3. The molecule has 24 heavy (non-hydrogen) atoms. The first-order chi connectivity index (χ1) is 11.3. The van der Waals surface area contributed by atoms with Crippen LogP contribution in [0.25, 0.3) is 0 Å². The van der Waals surface area contributed by atoms with Crippen molar-refractivity contribution < 1.29 is 19.1 Å². The Kier molecular flexibility index (Phi) is 8.47. The minimum atomic E-state index is -0.467. The summed E-state index contributed by atoms with van der Waals surface area (Å²) in [7, 11) is 0. The van der Waals surface area contributed by atoms with Crippen LogP contribution < -0.4 is 5.32 Å². The Morgan fingerprint density at radius 3 is 2.62 bits per heavy atom. The van der Waals surface area contributed by atoms with E-state index in [1.165, 1.54) is 0 Å². The predicted octanol–water partition coefficient (Wildman–Crippen LogP) is 3.12. The van der Waals surface area contributed by atoms with E-state index in [9.17, 15) is 9.59 Å². The highest BCUT2D eigenvalue weighted by molar-refractivity contribution is 5.89. The first-order valence-corrected chi connectivity index (χ1v) is 8.50. The van der Waals surface area contributed by atoms with E-state index in [0.717, 1.165) is 24.8 Å². The molecule has 5 heteroatoms. The Morgan fingerprint density at radius 1 is 1.21 bits per heavy atom. The summed E-state index contributed by atoms with van der Waals surface area (Å²) in [6, 6.07) is 7.40. The monoisotopic (exact) mass is 335 g/mol. The van der Waals surface area contributed by atoms with Crippen molar-refractivity contribution in [3.8, 4) is 0 Å². The highest BCUT2D eigenvalue weighted by Crippen LogP contribution is 2.08. The van der Waals surface area contributed by atoms with E-state index in [-0.39, 0.29) is 18.5 Å². The highest BCUT2D eigenvalue weighted by atomic mass is 16.6. The van der Waals surface area contributed by atoms with Gasteiger partial charge >= 0.3 is 11.9 Å². The molecule has 0 unspecified atom stereocenters. The van der Waals surface area contributed by atoms with Gasteiger partial charge in [0.05, 0.1) is 18.7 Å². The summed E-state index contributed by atoms with van der Waals surface area (Å²) >= 11 is 0. The smallest absolute Gasteiger partial charge is 0.338 e. The molecule has 1 aromatic rings. The molecule has 0 aromatic heterocycles. The van der Waals surface area contributed by atoms with E-state index in [2.05, 4.69) is 12.2 Å². The molecule has 134 valence electrons. The third-order valence-electron chi connectivity index (χ3n) is 3.17. The van der Waals surface area contributed by atoms with Crippen LogP contribution in [0.2, 0.25) is 0 Å². The van der Waals surface area contributed by atoms with E-state index in [4.69, 9.17) is 9.47 Å². The van der Waals surface area contributed by atoms with Crippen LogP contribution in [0.1, 0.15) is 56.5 Å². The number of carbonyl (C=O) groups excluding carboxylic acids is 2. The van der Waals surface area contributed by atoms with Gasteiger partial charge in [-0.25, -0.2) is 4.79 Å². The first kappa shape index (κ1) is 20.2. The number of rotatable bonds is 9. The third kappa shape index (κ3) is 8.67. The number of hydrogen-bond acceptors (Lipinski definition) is 5. The van der Waals surface area contributed by atoms with Crippen molar-refractivity contribution >= 4 is 11.9 Å². The summed E-state index contributed by atoms with van der Waals surface area (Å²) in [6.07, 6.45) is 2.59. The van der Waals surface area contributed by atoms with Crippen LogP contribution in [-0.4, -0.2) is 37.2 Å². The number of ether oxygens (including phenoxy) is 2. The fourth-order valence-corrected chi connectivity index (χ4v) is 2.05. The third-order valence-corrected chi connectivity index (χ3v) is 3.17. The van der Waals surface area contributed by atoms with Gasteiger partial charge in [0, 0.05) is 0 Å². The molecule has 0 saturated heterocycles. The summed E-state index contributed by atoms with van der Waals surface area (Å²) in [5.74, 6) is -0.553. The maximum atomic E-state index is 11.9. The lowest BCUT2D eigenvalue weighted by Crippen LogP contribution is -2.32. The van der Waals surface area contributed by atoms with Crippen LogP contribution in [0.4, 0.5) is 0 Å². The second-order valence-electron chi connectivity index (χ2n) is 6.70. The number of hydrogen-bond donors (Lipinski definition) is 1. The molecule has 0 aliphatic carbocycles. The molecule has 0 bridgehead atoms. The van der Waals surface area contributed by atoms with E-state index in [0.29, 0.717) is 18.7 Å². The molecule has 0 heterocycles. The van der Waals surface area contributed by atoms with Crippen LogP contribution in [0, 0.1) is 0 Å². The molecule has 1 aromatic carbocycles. The molecule has 0 amide bonds. The van der Waals surface area contributed by atoms with Crippen molar-refractivity contribution in [2.24, 2.45) is 0 Å². The maximum absolute atomic E-state index is 11.9. The Bertz CT molecular complexity index is 534. The number of unbranched alkanes of at least 4 members (excludes halogenated alkanes) is 1. The zero-order valence-corrected chi connectivity index (χ0v) is 15.2. The normalized spacial score (nSPS) is 11.2. The second kappa shape index (κ2) is 10.1. The number of carbonyl (C=O) groups is 2. The van der Waals surface area contributed by atoms with Gasteiger partial charge in [-0.1, -0.05) is 25.5 Å². The average Bonchev–Trinajstić information content (AvgIpc) is 2.50. The molecule has 0 aliphatic heterocycles. The molecule has 0 radical (unpaired) electrons. The number of esters is 2. The minimum absolute atomic E-state index is 0.177. The fourth-order valence-electron chi connectivity index (χ4n) is 2.05. The summed E-state index contributed by atoms with van der Waals surface area (Å²) in [6.45, 7) is 8.85. The summed E-state index contributed by atoms with van der Waals surface area (Å²) in [4.78, 5) is 23.5. The first-order valence-electron chi connectivity index (χ1n) is 8.50. The number of benzene rings is 1. The van der Waals surface area contributed by atoms with Crippen LogP contribution in [0.5, 0.6) is 0 Å². The number of nitrogens with one attached hydrogen (secondary N) is 1. The predicted molar refractivity (Wildman–Crippen MR) is 94.1 cm³/mol. The highest BCUT2D eigenvalue weighted by Gasteiger charge is 2.15. The molecule has 1 N–H and O–H groups in total. The maximum Gasteiger partial charge on any atom is 0.338 e. The molecule has 0 spiro atoms. The Labute approximate surface area is 144 Å². The van der Waals surface area contributed by atoms with Gasteiger partial charge in [0.25, 0.3) is 0 Å². The summed E-state index contributed by atoms with van der Waals surface area (Å²) in [5.41, 5.74) is 1.12. The van der Waals surface area contributed by atoms with Gasteiger partial charge in [-0.2, -0.15) is 0 Å². The molecule has 0 saturated carbocycles. The lowest BCUT2D eigenvalue weighted by atomic mass is 10.1. The topological polar surface area (TPSA) is 64.6 Å². The second-order valence-corrected chi connectivity index (χ2v) is 6.70. The molecule has 0 atom stereocenters. The van der Waals surface area contributed by atoms with Gasteiger partial charge in [-0.05, 0) is 57.9 Å².